The predicted molar refractivity (Wildman–Crippen MR) is 90.4 cm³/mol. The van der Waals surface area contributed by atoms with Crippen molar-refractivity contribution in [3.05, 3.63) is 59.7 Å². The number of hydrogen-bond donors (Lipinski definition) is 1. The van der Waals surface area contributed by atoms with Crippen LogP contribution in [0, 0.1) is 0 Å². The third kappa shape index (κ3) is 2.75. The Labute approximate surface area is 134 Å². The maximum Gasteiger partial charge on any atom is 0.298 e. The van der Waals surface area contributed by atoms with Crippen LogP contribution in [0.5, 0.6) is 11.5 Å². The second-order valence-electron chi connectivity index (χ2n) is 5.91. The molecule has 23 heavy (non-hydrogen) atoms. The maximum atomic E-state index is 10.4. The first-order chi connectivity index (χ1) is 11.0. The topological polar surface area (TPSA) is 58.9 Å². The minimum atomic E-state index is -0.161. The molecule has 1 heterocycles. The van der Waals surface area contributed by atoms with Gasteiger partial charge in [-0.25, -0.2) is 0 Å². The predicted octanol–water partition coefficient (Wildman–Crippen LogP) is 4.00. The van der Waals surface area contributed by atoms with Crippen molar-refractivity contribution in [3.8, 4) is 11.5 Å². The van der Waals surface area contributed by atoms with Crippen LogP contribution in [-0.2, 0) is 10.2 Å². The van der Waals surface area contributed by atoms with E-state index in [1.54, 1.807) is 12.1 Å². The second kappa shape index (κ2) is 5.72. The van der Waals surface area contributed by atoms with Gasteiger partial charge in [-0.1, -0.05) is 44.2 Å². The lowest BCUT2D eigenvalue weighted by Gasteiger charge is -2.20. The van der Waals surface area contributed by atoms with E-state index in [0.717, 1.165) is 17.0 Å². The zero-order valence-electron chi connectivity index (χ0n) is 13.0. The van der Waals surface area contributed by atoms with Crippen molar-refractivity contribution in [2.45, 2.75) is 19.3 Å². The van der Waals surface area contributed by atoms with Gasteiger partial charge in [0, 0.05) is 5.41 Å². The molecule has 0 radical (unpaired) electrons. The number of phenols is 1. The van der Waals surface area contributed by atoms with Crippen molar-refractivity contribution in [1.82, 2.24) is 0 Å². The number of rotatable bonds is 4. The summed E-state index contributed by atoms with van der Waals surface area (Å²) in [4.78, 5) is 15.1. The number of hydrogen-bond acceptors (Lipinski definition) is 4. The SMILES string of the molecule is CC1(C)C(/C=C/c2ccc(O)c(OC=O)c2)=Nc2ccccc21. The minimum Gasteiger partial charge on any atom is -0.504 e. The van der Waals surface area contributed by atoms with Crippen molar-refractivity contribution in [1.29, 1.82) is 0 Å². The number of para-hydroxylation sites is 1. The molecule has 0 fully saturated rings. The summed E-state index contributed by atoms with van der Waals surface area (Å²) in [6.07, 6.45) is 3.85. The molecule has 2 aromatic carbocycles. The van der Waals surface area contributed by atoms with Gasteiger partial charge in [0.05, 0.1) is 11.4 Å². The molecule has 3 rings (SSSR count). The van der Waals surface area contributed by atoms with Crippen LogP contribution in [0.2, 0.25) is 0 Å². The van der Waals surface area contributed by atoms with E-state index < -0.39 is 0 Å². The minimum absolute atomic E-state index is 0.0693. The molecule has 4 heteroatoms. The Morgan fingerprint density at radius 2 is 1.91 bits per heavy atom. The normalized spacial score (nSPS) is 15.3. The zero-order chi connectivity index (χ0) is 16.4. The molecular weight excluding hydrogens is 290 g/mol. The monoisotopic (exact) mass is 307 g/mol. The largest absolute Gasteiger partial charge is 0.504 e. The number of allylic oxidation sites excluding steroid dienone is 1. The summed E-state index contributed by atoms with van der Waals surface area (Å²) in [6.45, 7) is 4.57. The van der Waals surface area contributed by atoms with E-state index in [9.17, 15) is 9.90 Å². The quantitative estimate of drug-likeness (QED) is 0.868. The van der Waals surface area contributed by atoms with E-state index in [2.05, 4.69) is 24.9 Å². The molecule has 0 bridgehead atoms. The molecular formula is C19H17NO3. The number of carbonyl (C=O) groups excluding carboxylic acids is 1. The number of phenolic OH excluding ortho intramolecular Hbond substituents is 1. The van der Waals surface area contributed by atoms with E-state index in [4.69, 9.17) is 4.74 Å². The Bertz CT molecular complexity index is 819. The van der Waals surface area contributed by atoms with E-state index in [-0.39, 0.29) is 16.9 Å². The number of ether oxygens (including phenoxy) is 1. The van der Waals surface area contributed by atoms with Gasteiger partial charge in [0.1, 0.15) is 0 Å². The Morgan fingerprint density at radius 1 is 1.13 bits per heavy atom. The number of aliphatic imine (C=N–C) groups is 1. The smallest absolute Gasteiger partial charge is 0.298 e. The van der Waals surface area contributed by atoms with Crippen LogP contribution in [-0.4, -0.2) is 17.3 Å². The van der Waals surface area contributed by atoms with Gasteiger partial charge in [-0.05, 0) is 35.4 Å². The number of fused-ring (bicyclic) bond motifs is 1. The Morgan fingerprint density at radius 3 is 2.65 bits per heavy atom. The molecule has 116 valence electrons. The van der Waals surface area contributed by atoms with Crippen LogP contribution in [0.1, 0.15) is 25.0 Å². The molecule has 2 aromatic rings. The fourth-order valence-electron chi connectivity index (χ4n) is 2.71. The summed E-state index contributed by atoms with van der Waals surface area (Å²) in [5, 5.41) is 9.62. The van der Waals surface area contributed by atoms with Crippen molar-refractivity contribution >= 4 is 23.9 Å². The molecule has 0 atom stereocenters. The lowest BCUT2D eigenvalue weighted by molar-refractivity contribution is -0.120. The molecule has 0 aromatic heterocycles. The van der Waals surface area contributed by atoms with E-state index in [1.165, 1.54) is 11.6 Å². The molecule has 0 spiro atoms. The number of nitrogens with zero attached hydrogens (tertiary/aromatic N) is 1. The summed E-state index contributed by atoms with van der Waals surface area (Å²) in [7, 11) is 0. The molecule has 0 unspecified atom stereocenters. The lowest BCUT2D eigenvalue weighted by atomic mass is 9.81. The first kappa shape index (κ1) is 15.0. The molecule has 0 saturated carbocycles. The van der Waals surface area contributed by atoms with Crippen LogP contribution in [0.15, 0.2) is 53.5 Å². The third-order valence-electron chi connectivity index (χ3n) is 4.05. The van der Waals surface area contributed by atoms with Crippen molar-refractivity contribution < 1.29 is 14.6 Å². The highest BCUT2D eigenvalue weighted by atomic mass is 16.5. The average molecular weight is 307 g/mol. The fourth-order valence-corrected chi connectivity index (χ4v) is 2.71. The first-order valence-corrected chi connectivity index (χ1v) is 7.32. The highest BCUT2D eigenvalue weighted by Crippen LogP contribution is 2.40. The highest BCUT2D eigenvalue weighted by Gasteiger charge is 2.32. The first-order valence-electron chi connectivity index (χ1n) is 7.32. The van der Waals surface area contributed by atoms with E-state index >= 15 is 0 Å². The Kier molecular flexibility index (Phi) is 3.74. The standard InChI is InChI=1S/C19H17NO3/c1-19(2)14-5-3-4-6-15(14)20-18(19)10-8-13-7-9-16(22)17(11-13)23-12-21/h3-12,22H,1-2H3/b10-8+. The van der Waals surface area contributed by atoms with Crippen LogP contribution < -0.4 is 4.74 Å². The molecule has 1 aliphatic rings. The third-order valence-corrected chi connectivity index (χ3v) is 4.05. The summed E-state index contributed by atoms with van der Waals surface area (Å²) in [5.41, 5.74) is 3.81. The molecule has 1 aliphatic heterocycles. The number of carbonyl (C=O) groups is 1. The van der Waals surface area contributed by atoms with Crippen molar-refractivity contribution in [2.24, 2.45) is 4.99 Å². The van der Waals surface area contributed by atoms with Gasteiger partial charge in [0.25, 0.3) is 6.47 Å². The maximum absolute atomic E-state index is 10.4. The molecule has 1 N–H and O–H groups in total. The lowest BCUT2D eigenvalue weighted by Crippen LogP contribution is -2.23. The summed E-state index contributed by atoms with van der Waals surface area (Å²) >= 11 is 0. The van der Waals surface area contributed by atoms with Gasteiger partial charge in [-0.15, -0.1) is 0 Å². The van der Waals surface area contributed by atoms with Crippen LogP contribution in [0.4, 0.5) is 5.69 Å². The average Bonchev–Trinajstić information content (AvgIpc) is 2.79. The molecule has 4 nitrogen and oxygen atoms in total. The molecule has 0 amide bonds. The Hall–Kier alpha value is -2.88. The van der Waals surface area contributed by atoms with Gasteiger partial charge in [-0.3, -0.25) is 9.79 Å². The van der Waals surface area contributed by atoms with E-state index in [0.29, 0.717) is 6.47 Å². The highest BCUT2D eigenvalue weighted by molar-refractivity contribution is 6.10. The zero-order valence-corrected chi connectivity index (χ0v) is 13.0. The van der Waals surface area contributed by atoms with Gasteiger partial charge in [0.15, 0.2) is 11.5 Å². The van der Waals surface area contributed by atoms with Crippen LogP contribution in [0.3, 0.4) is 0 Å². The van der Waals surface area contributed by atoms with Gasteiger partial charge >= 0.3 is 0 Å². The number of aromatic hydroxyl groups is 1. The fraction of sp³-hybridized carbons (Fsp3) is 0.158. The van der Waals surface area contributed by atoms with Crippen molar-refractivity contribution in [3.63, 3.8) is 0 Å². The molecule has 0 aliphatic carbocycles. The van der Waals surface area contributed by atoms with Crippen LogP contribution in [0.25, 0.3) is 6.08 Å². The second-order valence-corrected chi connectivity index (χ2v) is 5.91. The summed E-state index contributed by atoms with van der Waals surface area (Å²) in [6, 6.07) is 13.0. The van der Waals surface area contributed by atoms with Crippen molar-refractivity contribution in [2.75, 3.05) is 0 Å². The van der Waals surface area contributed by atoms with Gasteiger partial charge in [0.2, 0.25) is 0 Å². The van der Waals surface area contributed by atoms with Gasteiger partial charge < -0.3 is 9.84 Å². The van der Waals surface area contributed by atoms with Gasteiger partial charge in [-0.2, -0.15) is 0 Å². The summed E-state index contributed by atoms with van der Waals surface area (Å²) < 4.78 is 4.75. The summed E-state index contributed by atoms with van der Waals surface area (Å²) in [5.74, 6) is 0.0678. The Balaban J connectivity index is 1.90. The van der Waals surface area contributed by atoms with E-state index in [1.807, 2.05) is 30.4 Å². The number of benzene rings is 2. The molecule has 0 saturated heterocycles. The van der Waals surface area contributed by atoms with Crippen LogP contribution >= 0.6 is 0 Å².